The van der Waals surface area contributed by atoms with Gasteiger partial charge in [-0.15, -0.1) is 0 Å². The summed E-state index contributed by atoms with van der Waals surface area (Å²) in [7, 11) is 0. The minimum atomic E-state index is 0.311. The van der Waals surface area contributed by atoms with Crippen molar-refractivity contribution in [1.82, 2.24) is 0 Å². The number of hydrogen-bond donors (Lipinski definition) is 11. The smallest absolute Gasteiger partial charge is 0.227 e. The van der Waals surface area contributed by atoms with Crippen molar-refractivity contribution >= 4 is 39.8 Å². The molecule has 2 aromatic carbocycles. The van der Waals surface area contributed by atoms with Gasteiger partial charge in [0.05, 0.1) is 52.0 Å². The van der Waals surface area contributed by atoms with Gasteiger partial charge in [-0.25, -0.2) is 0 Å². The highest BCUT2D eigenvalue weighted by atomic mass is 15.0. The third kappa shape index (κ3) is 3.88. The number of rotatable bonds is 0. The van der Waals surface area contributed by atoms with E-state index in [2.05, 4.69) is 33.4 Å². The highest BCUT2D eigenvalue weighted by molar-refractivity contribution is 5.85. The van der Waals surface area contributed by atoms with Crippen LogP contribution in [0.3, 0.4) is 0 Å². The molecule has 8 bridgehead atoms. The number of nitrogen functional groups attached to an aromatic ring is 3. The van der Waals surface area contributed by atoms with Crippen LogP contribution in [0.5, 0.6) is 0 Å². The van der Waals surface area contributed by atoms with Gasteiger partial charge in [-0.2, -0.15) is 0 Å². The lowest BCUT2D eigenvalue weighted by Crippen LogP contribution is -2.21. The van der Waals surface area contributed by atoms with Gasteiger partial charge in [0.15, 0.2) is 22.8 Å². The molecule has 0 radical (unpaired) electrons. The summed E-state index contributed by atoms with van der Waals surface area (Å²) in [6.45, 7) is 1.93. The second kappa shape index (κ2) is 8.07. The van der Waals surface area contributed by atoms with Crippen molar-refractivity contribution in [1.29, 1.82) is 0 Å². The third-order valence-corrected chi connectivity index (χ3v) is 5.97. The van der Waals surface area contributed by atoms with E-state index in [9.17, 15) is 0 Å². The van der Waals surface area contributed by atoms with Crippen molar-refractivity contribution in [2.45, 2.75) is 6.92 Å². The molecular weight excluding hydrogens is 454 g/mol. The molecule has 0 atom stereocenters. The summed E-state index contributed by atoms with van der Waals surface area (Å²) >= 11 is 0. The van der Waals surface area contributed by atoms with Gasteiger partial charge in [-0.3, -0.25) is 21.3 Å². The number of benzene rings is 2. The van der Waals surface area contributed by atoms with E-state index in [0.29, 0.717) is 79.7 Å². The molecule has 11 heteroatoms. The van der Waals surface area contributed by atoms with Crippen LogP contribution in [0.15, 0.2) is 82.0 Å². The molecule has 1 heterocycles. The number of allylic oxidation sites excluding steroid dienone is 4. The summed E-state index contributed by atoms with van der Waals surface area (Å²) in [5.74, 6) is 0. The van der Waals surface area contributed by atoms with Gasteiger partial charge in [0.25, 0.3) is 0 Å². The predicted molar refractivity (Wildman–Crippen MR) is 146 cm³/mol. The average Bonchev–Trinajstić information content (AvgIpc) is 2.79. The Labute approximate surface area is 208 Å². The van der Waals surface area contributed by atoms with E-state index in [1.165, 1.54) is 0 Å². The Kier molecular flexibility index (Phi) is 5.00. The predicted octanol–water partition coefficient (Wildman–Crippen LogP) is 1.53. The van der Waals surface area contributed by atoms with Gasteiger partial charge >= 0.3 is 0 Å². The molecule has 11 nitrogen and oxygen atoms in total. The first-order chi connectivity index (χ1) is 17.1. The molecule has 1 aliphatic heterocycles. The van der Waals surface area contributed by atoms with Crippen LogP contribution in [-0.2, 0) is 0 Å². The first-order valence-corrected chi connectivity index (χ1v) is 11.0. The molecule has 5 rings (SSSR count). The van der Waals surface area contributed by atoms with E-state index in [-0.39, 0.29) is 0 Å². The summed E-state index contributed by atoms with van der Waals surface area (Å²) in [5.41, 5.74) is 52.0. The fraction of sp³-hybridized carbons (Fsp3) is 0.0400. The Morgan fingerprint density at radius 3 is 1.47 bits per heavy atom. The lowest BCUT2D eigenvalue weighted by atomic mass is 10.1. The highest BCUT2D eigenvalue weighted by Crippen LogP contribution is 2.35. The van der Waals surface area contributed by atoms with Crippen molar-refractivity contribution in [2.75, 3.05) is 38.5 Å². The molecule has 0 fully saturated rings. The largest absolute Gasteiger partial charge is 0.397 e. The monoisotopic (exact) mass is 481 g/mol. The fourth-order valence-corrected chi connectivity index (χ4v) is 3.98. The maximum Gasteiger partial charge on any atom is 0.227 e. The van der Waals surface area contributed by atoms with E-state index in [1.807, 2.05) is 19.1 Å². The Balaban J connectivity index is 1.72. The van der Waals surface area contributed by atoms with E-state index < -0.39 is 0 Å². The normalized spacial score (nSPS) is 16.5. The van der Waals surface area contributed by atoms with Crippen molar-refractivity contribution in [3.63, 3.8) is 0 Å². The molecule has 0 amide bonds. The van der Waals surface area contributed by atoms with Gasteiger partial charge in [0.2, 0.25) is 22.8 Å². The Bertz CT molecular complexity index is 1400. The van der Waals surface area contributed by atoms with Gasteiger partial charge in [0, 0.05) is 0 Å². The molecule has 0 aromatic heterocycles. The van der Waals surface area contributed by atoms with E-state index in [0.717, 1.165) is 11.3 Å². The zero-order valence-electron chi connectivity index (χ0n) is 19.5. The standard InChI is InChI=1S/C25H27N11/c1-10-2-11(26)19-6-18(10)33-20-7-21(13(28)3-12(20)27)35-24-9-25(17(32)5-16(24)31)36-23-8-22(34-19)14(29)4-15(23)30/h2,5-9,33-36H,26-32H2,1H3/q+2. The molecule has 180 valence electrons. The number of hydrogen-bond acceptors (Lipinski definition) is 11. The number of nitrogens with one attached hydrogen (secondary N) is 4. The van der Waals surface area contributed by atoms with Gasteiger partial charge in [-0.05, 0) is 36.8 Å². The summed E-state index contributed by atoms with van der Waals surface area (Å²) < 4.78 is 0. The molecule has 0 saturated carbocycles. The minimum Gasteiger partial charge on any atom is -0.397 e. The van der Waals surface area contributed by atoms with Crippen LogP contribution in [0.4, 0.5) is 39.8 Å². The molecule has 2 aliphatic carbocycles. The second-order valence-corrected chi connectivity index (χ2v) is 8.63. The van der Waals surface area contributed by atoms with E-state index >= 15 is 0 Å². The quantitative estimate of drug-likeness (QED) is 0.191. The van der Waals surface area contributed by atoms with Crippen LogP contribution in [0.1, 0.15) is 5.56 Å². The van der Waals surface area contributed by atoms with Gasteiger partial charge < -0.3 is 40.1 Å². The zero-order valence-corrected chi connectivity index (χ0v) is 19.5. The lowest BCUT2D eigenvalue weighted by molar-refractivity contribution is 1.16. The Hall–Kier alpha value is -5.50. The maximum atomic E-state index is 6.32. The number of fused-ring (bicyclic) bond motifs is 6. The lowest BCUT2D eigenvalue weighted by Gasteiger charge is -2.18. The van der Waals surface area contributed by atoms with Crippen molar-refractivity contribution in [3.05, 3.63) is 99.7 Å². The van der Waals surface area contributed by atoms with Crippen molar-refractivity contribution in [3.8, 4) is 0 Å². The highest BCUT2D eigenvalue weighted by Gasteiger charge is 2.27. The Morgan fingerprint density at radius 2 is 0.944 bits per heavy atom. The molecular formula is C25H27N11+2. The fourth-order valence-electron chi connectivity index (χ4n) is 3.98. The first-order valence-electron chi connectivity index (χ1n) is 11.0. The van der Waals surface area contributed by atoms with Crippen LogP contribution in [0, 0.1) is 19.1 Å². The molecule has 2 aromatic rings. The van der Waals surface area contributed by atoms with E-state index in [4.69, 9.17) is 40.1 Å². The number of anilines is 7. The van der Waals surface area contributed by atoms with Crippen LogP contribution >= 0.6 is 0 Å². The maximum absolute atomic E-state index is 6.32. The molecule has 0 spiro atoms. The minimum absolute atomic E-state index is 0.311. The van der Waals surface area contributed by atoms with Crippen molar-refractivity contribution < 1.29 is 0 Å². The molecule has 18 N–H and O–H groups in total. The molecule has 3 aliphatic rings. The third-order valence-electron chi connectivity index (χ3n) is 5.97. The molecule has 0 unspecified atom stereocenters. The van der Waals surface area contributed by atoms with E-state index in [1.54, 1.807) is 24.3 Å². The molecule has 36 heavy (non-hydrogen) atoms. The average molecular weight is 482 g/mol. The summed E-state index contributed by atoms with van der Waals surface area (Å²) in [6, 6.07) is 7.09. The number of nitrogens with two attached hydrogens (primary N) is 7. The zero-order chi connectivity index (χ0) is 25.7. The van der Waals surface area contributed by atoms with Crippen molar-refractivity contribution in [2.24, 2.45) is 22.9 Å². The van der Waals surface area contributed by atoms with Gasteiger partial charge in [-0.1, -0.05) is 0 Å². The van der Waals surface area contributed by atoms with Crippen LogP contribution in [-0.4, -0.2) is 0 Å². The van der Waals surface area contributed by atoms with Crippen LogP contribution in [0.25, 0.3) is 0 Å². The Morgan fingerprint density at radius 1 is 0.528 bits per heavy atom. The summed E-state index contributed by atoms with van der Waals surface area (Å²) in [6.07, 6.45) is 9.49. The van der Waals surface area contributed by atoms with Gasteiger partial charge in [0.1, 0.15) is 12.2 Å². The van der Waals surface area contributed by atoms with Crippen LogP contribution in [0.2, 0.25) is 0 Å². The topological polar surface area (TPSA) is 230 Å². The first kappa shape index (κ1) is 22.3. The molecule has 0 saturated heterocycles. The summed E-state index contributed by atoms with van der Waals surface area (Å²) in [5, 5.41) is 13.1. The second-order valence-electron chi connectivity index (χ2n) is 8.63. The van der Waals surface area contributed by atoms with Crippen LogP contribution < -0.4 is 61.4 Å². The SMILES string of the molecule is Cc1cc(N)c2cc1NC1=CC(=C(N)[C+]=C1N)Nc1cc(c(N)cc1N)NC1=C(N)[C+]=C(N)C(=C1)N2. The number of aryl methyl sites for hydroxylation is 1. The summed E-state index contributed by atoms with van der Waals surface area (Å²) in [4.78, 5) is 0.